The van der Waals surface area contributed by atoms with E-state index < -0.39 is 16.2 Å². The number of urea groups is 1. The highest BCUT2D eigenvalue weighted by atomic mass is 32.2. The van der Waals surface area contributed by atoms with Crippen molar-refractivity contribution in [3.05, 3.63) is 0 Å². The molecule has 2 aliphatic heterocycles. The predicted molar refractivity (Wildman–Crippen MR) is 98.8 cm³/mol. The number of imide groups is 1. The molecule has 0 unspecified atom stereocenters. The summed E-state index contributed by atoms with van der Waals surface area (Å²) in [5.41, 5.74) is 0. The van der Waals surface area contributed by atoms with Gasteiger partial charge in [-0.05, 0) is 26.7 Å². The van der Waals surface area contributed by atoms with Gasteiger partial charge in [0.25, 0.3) is 10.2 Å². The van der Waals surface area contributed by atoms with Gasteiger partial charge in [-0.15, -0.1) is 0 Å². The molecule has 0 aliphatic carbocycles. The second kappa shape index (κ2) is 9.63. The second-order valence-corrected chi connectivity index (χ2v) is 9.10. The van der Waals surface area contributed by atoms with Crippen molar-refractivity contribution in [2.45, 2.75) is 45.6 Å². The average molecular weight is 390 g/mol. The van der Waals surface area contributed by atoms with Crippen LogP contribution in [0.15, 0.2) is 0 Å². The number of nitrogens with one attached hydrogen (secondary N) is 2. The molecule has 0 atom stereocenters. The zero-order valence-electron chi connectivity index (χ0n) is 15.7. The molecule has 2 rings (SSSR count). The van der Waals surface area contributed by atoms with Crippen molar-refractivity contribution in [1.29, 1.82) is 0 Å². The van der Waals surface area contributed by atoms with Crippen molar-refractivity contribution >= 4 is 22.1 Å². The van der Waals surface area contributed by atoms with Gasteiger partial charge in [0, 0.05) is 45.3 Å². The number of nitrogens with zero attached hydrogens (tertiary/aromatic N) is 3. The molecule has 0 radical (unpaired) electrons. The van der Waals surface area contributed by atoms with Gasteiger partial charge in [-0.25, -0.2) is 4.79 Å². The fourth-order valence-corrected chi connectivity index (χ4v) is 4.89. The molecule has 0 bridgehead atoms. The Balaban J connectivity index is 1.79. The molecular weight excluding hydrogens is 358 g/mol. The van der Waals surface area contributed by atoms with Crippen LogP contribution < -0.4 is 10.6 Å². The predicted octanol–water partition coefficient (Wildman–Crippen LogP) is -0.0410. The molecule has 0 aromatic heterocycles. The maximum absolute atomic E-state index is 12.8. The summed E-state index contributed by atoms with van der Waals surface area (Å²) in [6.07, 6.45) is 3.99. The van der Waals surface area contributed by atoms with Gasteiger partial charge in [-0.1, -0.05) is 12.8 Å². The SMILES string of the molecule is CC(C)NC(=O)NC(=O)CN1CCN(S(=O)(=O)N2CCCCCC2)CC1. The number of carbonyl (C=O) groups excluding carboxylic acids is 2. The van der Waals surface area contributed by atoms with Crippen LogP contribution in [0.1, 0.15) is 39.5 Å². The Bertz CT molecular complexity index is 579. The Morgan fingerprint density at radius 2 is 1.42 bits per heavy atom. The minimum Gasteiger partial charge on any atom is -0.336 e. The van der Waals surface area contributed by atoms with Crippen LogP contribution >= 0.6 is 0 Å². The van der Waals surface area contributed by atoms with Gasteiger partial charge in [0.2, 0.25) is 5.91 Å². The molecule has 0 aromatic carbocycles. The summed E-state index contributed by atoms with van der Waals surface area (Å²) in [6, 6.07) is -0.553. The molecule has 26 heavy (non-hydrogen) atoms. The third kappa shape index (κ3) is 6.19. The molecule has 2 saturated heterocycles. The molecule has 10 heteroatoms. The molecule has 0 saturated carbocycles. The molecule has 3 amide bonds. The largest absolute Gasteiger partial charge is 0.336 e. The summed E-state index contributed by atoms with van der Waals surface area (Å²) in [5, 5.41) is 4.88. The van der Waals surface area contributed by atoms with Gasteiger partial charge in [0.15, 0.2) is 0 Å². The van der Waals surface area contributed by atoms with Crippen LogP contribution in [-0.2, 0) is 15.0 Å². The van der Waals surface area contributed by atoms with Crippen molar-refractivity contribution in [2.75, 3.05) is 45.8 Å². The lowest BCUT2D eigenvalue weighted by molar-refractivity contribution is -0.121. The maximum Gasteiger partial charge on any atom is 0.321 e. The van der Waals surface area contributed by atoms with E-state index in [1.54, 1.807) is 4.31 Å². The van der Waals surface area contributed by atoms with E-state index in [1.165, 1.54) is 4.31 Å². The van der Waals surface area contributed by atoms with Crippen molar-refractivity contribution < 1.29 is 18.0 Å². The average Bonchev–Trinajstić information content (AvgIpc) is 2.84. The van der Waals surface area contributed by atoms with Crippen molar-refractivity contribution in [2.24, 2.45) is 0 Å². The van der Waals surface area contributed by atoms with E-state index in [9.17, 15) is 18.0 Å². The third-order valence-electron chi connectivity index (χ3n) is 4.59. The first-order chi connectivity index (χ1) is 12.3. The van der Waals surface area contributed by atoms with Crippen molar-refractivity contribution in [3.63, 3.8) is 0 Å². The molecule has 2 N–H and O–H groups in total. The Morgan fingerprint density at radius 3 is 1.96 bits per heavy atom. The number of amides is 3. The van der Waals surface area contributed by atoms with Crippen LogP contribution in [-0.4, -0.2) is 85.7 Å². The minimum atomic E-state index is -3.42. The number of hydrogen-bond acceptors (Lipinski definition) is 5. The highest BCUT2D eigenvalue weighted by Gasteiger charge is 2.32. The molecular formula is C16H31N5O4S. The normalized spacial score (nSPS) is 21.3. The first kappa shape index (κ1) is 21.1. The number of carbonyl (C=O) groups is 2. The molecule has 2 fully saturated rings. The summed E-state index contributed by atoms with van der Waals surface area (Å²) < 4.78 is 28.7. The first-order valence-corrected chi connectivity index (χ1v) is 10.8. The van der Waals surface area contributed by atoms with E-state index in [2.05, 4.69) is 10.6 Å². The standard InChI is InChI=1S/C16H31N5O4S/c1-14(2)17-16(23)18-15(22)13-19-9-11-21(12-10-19)26(24,25)20-7-5-3-4-6-8-20/h14H,3-13H2,1-2H3,(H2,17,18,22,23). The number of hydrogen-bond donors (Lipinski definition) is 2. The number of piperazine rings is 1. The molecule has 9 nitrogen and oxygen atoms in total. The monoisotopic (exact) mass is 389 g/mol. The summed E-state index contributed by atoms with van der Waals surface area (Å²) in [7, 11) is -3.42. The maximum atomic E-state index is 12.8. The van der Waals surface area contributed by atoms with Gasteiger partial charge in [0.1, 0.15) is 0 Å². The lowest BCUT2D eigenvalue weighted by Crippen LogP contribution is -2.55. The van der Waals surface area contributed by atoms with Crippen LogP contribution in [0.25, 0.3) is 0 Å². The quantitative estimate of drug-likeness (QED) is 0.687. The van der Waals surface area contributed by atoms with Gasteiger partial charge in [-0.2, -0.15) is 17.0 Å². The lowest BCUT2D eigenvalue weighted by Gasteiger charge is -2.36. The molecule has 0 aromatic rings. The van der Waals surface area contributed by atoms with E-state index in [1.807, 2.05) is 18.7 Å². The summed E-state index contributed by atoms with van der Waals surface area (Å²) in [4.78, 5) is 25.3. The Morgan fingerprint density at radius 1 is 0.885 bits per heavy atom. The minimum absolute atomic E-state index is 0.0458. The fraction of sp³-hybridized carbons (Fsp3) is 0.875. The topological polar surface area (TPSA) is 102 Å². The lowest BCUT2D eigenvalue weighted by atomic mass is 10.2. The van der Waals surface area contributed by atoms with Gasteiger partial charge in [-0.3, -0.25) is 15.0 Å². The van der Waals surface area contributed by atoms with E-state index in [-0.39, 0.29) is 18.5 Å². The Kier molecular flexibility index (Phi) is 7.81. The smallest absolute Gasteiger partial charge is 0.321 e. The third-order valence-corrected chi connectivity index (χ3v) is 6.62. The zero-order valence-corrected chi connectivity index (χ0v) is 16.6. The molecule has 2 heterocycles. The molecule has 150 valence electrons. The highest BCUT2D eigenvalue weighted by molar-refractivity contribution is 7.86. The van der Waals surface area contributed by atoms with E-state index in [0.717, 1.165) is 25.7 Å². The van der Waals surface area contributed by atoms with Gasteiger partial charge in [0.05, 0.1) is 6.54 Å². The van der Waals surface area contributed by atoms with Crippen LogP contribution in [0.4, 0.5) is 4.79 Å². The van der Waals surface area contributed by atoms with Crippen molar-refractivity contribution in [1.82, 2.24) is 24.1 Å². The Hall–Kier alpha value is -1.23. The Labute approximate surface area is 156 Å². The van der Waals surface area contributed by atoms with Gasteiger partial charge >= 0.3 is 6.03 Å². The van der Waals surface area contributed by atoms with Crippen molar-refractivity contribution in [3.8, 4) is 0 Å². The molecule has 0 spiro atoms. The summed E-state index contributed by atoms with van der Waals surface area (Å²) >= 11 is 0. The van der Waals surface area contributed by atoms with Crippen LogP contribution in [0, 0.1) is 0 Å². The van der Waals surface area contributed by atoms with E-state index in [0.29, 0.717) is 39.3 Å². The van der Waals surface area contributed by atoms with E-state index in [4.69, 9.17) is 0 Å². The number of rotatable bonds is 5. The molecule has 2 aliphatic rings. The van der Waals surface area contributed by atoms with Gasteiger partial charge < -0.3 is 5.32 Å². The zero-order chi connectivity index (χ0) is 19.2. The summed E-state index contributed by atoms with van der Waals surface area (Å²) in [6.45, 7) is 6.59. The van der Waals surface area contributed by atoms with Crippen LogP contribution in [0.5, 0.6) is 0 Å². The van der Waals surface area contributed by atoms with Crippen LogP contribution in [0.2, 0.25) is 0 Å². The highest BCUT2D eigenvalue weighted by Crippen LogP contribution is 2.17. The van der Waals surface area contributed by atoms with Crippen LogP contribution in [0.3, 0.4) is 0 Å². The summed E-state index contributed by atoms with van der Waals surface area (Å²) in [5.74, 6) is -0.382. The van der Waals surface area contributed by atoms with E-state index >= 15 is 0 Å². The first-order valence-electron chi connectivity index (χ1n) is 9.37. The fourth-order valence-electron chi connectivity index (χ4n) is 3.22. The second-order valence-electron chi connectivity index (χ2n) is 7.17.